The van der Waals surface area contributed by atoms with Gasteiger partial charge in [0.15, 0.2) is 0 Å². The van der Waals surface area contributed by atoms with Crippen molar-refractivity contribution in [1.29, 1.82) is 0 Å². The van der Waals surface area contributed by atoms with E-state index in [1.807, 2.05) is 0 Å². The van der Waals surface area contributed by atoms with Crippen molar-refractivity contribution in [3.05, 3.63) is 57.6 Å². The van der Waals surface area contributed by atoms with Gasteiger partial charge >= 0.3 is 0 Å². The van der Waals surface area contributed by atoms with Crippen LogP contribution in [0.4, 0.5) is 0 Å². The molecule has 0 atom stereocenters. The zero-order valence-corrected chi connectivity index (χ0v) is 12.7. The molecule has 2 rings (SSSR count). The molecule has 0 aliphatic carbocycles. The Bertz CT molecular complexity index is 659. The van der Waals surface area contributed by atoms with Crippen molar-refractivity contribution in [2.24, 2.45) is 5.16 Å². The molecule has 21 heavy (non-hydrogen) atoms. The van der Waals surface area contributed by atoms with Crippen molar-refractivity contribution < 1.29 is 14.7 Å². The normalized spacial score (nSPS) is 10.8. The summed E-state index contributed by atoms with van der Waals surface area (Å²) in [4.78, 5) is 0. The second kappa shape index (κ2) is 7.20. The second-order valence-electron chi connectivity index (χ2n) is 4.17. The van der Waals surface area contributed by atoms with Gasteiger partial charge in [-0.2, -0.15) is 0 Å². The molecule has 0 saturated heterocycles. The molecule has 0 unspecified atom stereocenters. The first kappa shape index (κ1) is 15.5. The summed E-state index contributed by atoms with van der Waals surface area (Å²) in [5, 5.41) is 12.8. The minimum absolute atomic E-state index is 0.259. The average molecular weight is 326 g/mol. The number of benzene rings is 2. The van der Waals surface area contributed by atoms with Crippen molar-refractivity contribution in [3.63, 3.8) is 0 Å². The van der Waals surface area contributed by atoms with Gasteiger partial charge in [0.25, 0.3) is 0 Å². The van der Waals surface area contributed by atoms with E-state index in [4.69, 9.17) is 37.9 Å². The molecule has 0 heterocycles. The van der Waals surface area contributed by atoms with Gasteiger partial charge in [-0.3, -0.25) is 0 Å². The Kier molecular flexibility index (Phi) is 5.31. The van der Waals surface area contributed by atoms with Crippen LogP contribution in [0.15, 0.2) is 41.6 Å². The molecule has 0 saturated carbocycles. The number of nitrogens with zero attached hydrogens (tertiary/aromatic N) is 1. The first-order valence-electron chi connectivity index (χ1n) is 6.06. The van der Waals surface area contributed by atoms with Gasteiger partial charge in [-0.25, -0.2) is 0 Å². The monoisotopic (exact) mass is 325 g/mol. The molecule has 2 aromatic rings. The fourth-order valence-corrected chi connectivity index (χ4v) is 2.19. The molecular weight excluding hydrogens is 313 g/mol. The summed E-state index contributed by atoms with van der Waals surface area (Å²) in [5.41, 5.74) is 1.43. The third-order valence-corrected chi connectivity index (χ3v) is 3.40. The summed E-state index contributed by atoms with van der Waals surface area (Å²) >= 11 is 12.0. The van der Waals surface area contributed by atoms with Gasteiger partial charge in [-0.15, -0.1) is 0 Å². The van der Waals surface area contributed by atoms with Crippen LogP contribution in [-0.4, -0.2) is 18.5 Å². The predicted octanol–water partition coefficient (Wildman–Crippen LogP) is 4.39. The quantitative estimate of drug-likeness (QED) is 0.504. The smallest absolute Gasteiger partial charge is 0.132 e. The Labute approximate surface area is 132 Å². The molecule has 110 valence electrons. The van der Waals surface area contributed by atoms with E-state index >= 15 is 0 Å². The van der Waals surface area contributed by atoms with Gasteiger partial charge in [-0.05, 0) is 24.3 Å². The van der Waals surface area contributed by atoms with Gasteiger partial charge in [0, 0.05) is 27.2 Å². The fourth-order valence-electron chi connectivity index (χ4n) is 1.73. The lowest BCUT2D eigenvalue weighted by atomic mass is 10.2. The number of hydrogen-bond donors (Lipinski definition) is 1. The molecule has 0 aromatic heterocycles. The largest absolute Gasteiger partial charge is 0.497 e. The number of hydrogen-bond acceptors (Lipinski definition) is 4. The van der Waals surface area contributed by atoms with E-state index in [1.165, 1.54) is 6.21 Å². The van der Waals surface area contributed by atoms with Crippen LogP contribution in [0.3, 0.4) is 0 Å². The van der Waals surface area contributed by atoms with E-state index < -0.39 is 0 Å². The van der Waals surface area contributed by atoms with Gasteiger partial charge in [-0.1, -0.05) is 34.4 Å². The molecule has 2 aromatic carbocycles. The average Bonchev–Trinajstić information content (AvgIpc) is 2.48. The van der Waals surface area contributed by atoms with Crippen molar-refractivity contribution >= 4 is 29.4 Å². The number of rotatable bonds is 5. The van der Waals surface area contributed by atoms with Crippen molar-refractivity contribution in [2.75, 3.05) is 7.11 Å². The fraction of sp³-hybridized carbons (Fsp3) is 0.133. The molecule has 6 heteroatoms. The summed E-state index contributed by atoms with van der Waals surface area (Å²) in [6.45, 7) is 0.259. The van der Waals surface area contributed by atoms with Crippen LogP contribution in [0.25, 0.3) is 0 Å². The van der Waals surface area contributed by atoms with Crippen LogP contribution in [0.2, 0.25) is 10.0 Å². The predicted molar refractivity (Wildman–Crippen MR) is 83.2 cm³/mol. The molecule has 0 radical (unpaired) electrons. The summed E-state index contributed by atoms with van der Waals surface area (Å²) in [7, 11) is 1.56. The lowest BCUT2D eigenvalue weighted by Gasteiger charge is -2.11. The van der Waals surface area contributed by atoms with Gasteiger partial charge in [0.2, 0.25) is 0 Å². The number of halogens is 2. The molecular formula is C15H13Cl2NO3. The highest BCUT2D eigenvalue weighted by Crippen LogP contribution is 2.26. The van der Waals surface area contributed by atoms with E-state index in [9.17, 15) is 0 Å². The molecule has 0 aliphatic heterocycles. The van der Waals surface area contributed by atoms with E-state index in [2.05, 4.69) is 5.16 Å². The van der Waals surface area contributed by atoms with Crippen molar-refractivity contribution in [1.82, 2.24) is 0 Å². The third-order valence-electron chi connectivity index (χ3n) is 2.82. The SMILES string of the molecule is COc1ccc(C=NO)c(OCc2ccc(Cl)cc2Cl)c1. The first-order chi connectivity index (χ1) is 10.1. The first-order valence-corrected chi connectivity index (χ1v) is 6.82. The second-order valence-corrected chi connectivity index (χ2v) is 5.02. The Morgan fingerprint density at radius 2 is 2.00 bits per heavy atom. The molecule has 4 nitrogen and oxygen atoms in total. The van der Waals surface area contributed by atoms with E-state index in [1.54, 1.807) is 43.5 Å². The Morgan fingerprint density at radius 3 is 2.67 bits per heavy atom. The van der Waals surface area contributed by atoms with Crippen LogP contribution in [0.1, 0.15) is 11.1 Å². The molecule has 0 spiro atoms. The molecule has 1 N–H and O–H groups in total. The van der Waals surface area contributed by atoms with E-state index in [-0.39, 0.29) is 6.61 Å². The number of oxime groups is 1. The standard InChI is InChI=1S/C15H13Cl2NO3/c1-20-13-5-3-10(8-18-19)15(7-13)21-9-11-2-4-12(16)6-14(11)17/h2-8,19H,9H2,1H3. The summed E-state index contributed by atoms with van der Waals surface area (Å²) in [5.74, 6) is 1.17. The zero-order chi connectivity index (χ0) is 15.2. The van der Waals surface area contributed by atoms with E-state index in [0.717, 1.165) is 5.56 Å². The maximum absolute atomic E-state index is 8.68. The highest BCUT2D eigenvalue weighted by atomic mass is 35.5. The number of methoxy groups -OCH3 is 1. The van der Waals surface area contributed by atoms with Crippen LogP contribution < -0.4 is 9.47 Å². The van der Waals surface area contributed by atoms with Gasteiger partial charge < -0.3 is 14.7 Å². The van der Waals surface area contributed by atoms with Gasteiger partial charge in [0.05, 0.1) is 13.3 Å². The lowest BCUT2D eigenvalue weighted by molar-refractivity contribution is 0.302. The minimum Gasteiger partial charge on any atom is -0.497 e. The topological polar surface area (TPSA) is 51.0 Å². The Balaban J connectivity index is 2.21. The van der Waals surface area contributed by atoms with E-state index in [0.29, 0.717) is 27.1 Å². The Morgan fingerprint density at radius 1 is 1.19 bits per heavy atom. The molecule has 0 bridgehead atoms. The van der Waals surface area contributed by atoms with Crippen LogP contribution in [-0.2, 0) is 6.61 Å². The highest BCUT2D eigenvalue weighted by Gasteiger charge is 2.07. The summed E-state index contributed by atoms with van der Waals surface area (Å²) < 4.78 is 10.9. The highest BCUT2D eigenvalue weighted by molar-refractivity contribution is 6.35. The van der Waals surface area contributed by atoms with Gasteiger partial charge in [0.1, 0.15) is 18.1 Å². The Hall–Kier alpha value is -1.91. The van der Waals surface area contributed by atoms with Crippen molar-refractivity contribution in [2.45, 2.75) is 6.61 Å². The minimum atomic E-state index is 0.259. The molecule has 0 amide bonds. The van der Waals surface area contributed by atoms with Crippen LogP contribution in [0, 0.1) is 0 Å². The summed E-state index contributed by atoms with van der Waals surface area (Å²) in [6.07, 6.45) is 1.29. The number of ether oxygens (including phenoxy) is 2. The molecule has 0 fully saturated rings. The zero-order valence-electron chi connectivity index (χ0n) is 11.2. The van der Waals surface area contributed by atoms with Crippen LogP contribution >= 0.6 is 23.2 Å². The third kappa shape index (κ3) is 4.03. The molecule has 0 aliphatic rings. The maximum Gasteiger partial charge on any atom is 0.132 e. The maximum atomic E-state index is 8.68. The summed E-state index contributed by atoms with van der Waals surface area (Å²) in [6, 6.07) is 10.4. The lowest BCUT2D eigenvalue weighted by Crippen LogP contribution is -2.00. The van der Waals surface area contributed by atoms with Crippen molar-refractivity contribution in [3.8, 4) is 11.5 Å². The van der Waals surface area contributed by atoms with Crippen LogP contribution in [0.5, 0.6) is 11.5 Å².